The number of ketones is 1. The maximum Gasteiger partial charge on any atom is 0.342 e. The Morgan fingerprint density at radius 1 is 1.36 bits per heavy atom. The summed E-state index contributed by atoms with van der Waals surface area (Å²) in [7, 11) is 0. The monoisotopic (exact) mass is 468 g/mol. The highest BCUT2D eigenvalue weighted by Gasteiger charge is 2.32. The number of phenolic OH excluding ortho intramolecular Hbond substituents is 1. The number of carbonyl (C=O) groups is 2. The number of esters is 1. The van der Waals surface area contributed by atoms with E-state index >= 15 is 0 Å². The summed E-state index contributed by atoms with van der Waals surface area (Å²) in [4.78, 5) is 25.0. The van der Waals surface area contributed by atoms with Gasteiger partial charge in [-0.1, -0.05) is 25.6 Å². The fourth-order valence-electron chi connectivity index (χ4n) is 4.13. The Kier molecular flexibility index (Phi) is 7.54. The van der Waals surface area contributed by atoms with Gasteiger partial charge in [0.15, 0.2) is 5.78 Å². The first-order valence-electron chi connectivity index (χ1n) is 10.8. The number of ether oxygens (including phenoxy) is 1. The molecule has 1 aliphatic heterocycles. The van der Waals surface area contributed by atoms with Gasteiger partial charge in [-0.05, 0) is 51.3 Å². The van der Waals surface area contributed by atoms with Crippen LogP contribution in [0.2, 0.25) is 0 Å². The number of aromatic hydroxyl groups is 1. The van der Waals surface area contributed by atoms with Crippen LogP contribution in [0.1, 0.15) is 57.2 Å². The number of hydrogen-bond donors (Lipinski definition) is 2. The zero-order chi connectivity index (χ0) is 24.3. The number of nitrogens with zero attached hydrogens (tertiary/aromatic N) is 1. The number of hydrogen-bond acceptors (Lipinski definition) is 8. The minimum Gasteiger partial charge on any atom is -0.508 e. The van der Waals surface area contributed by atoms with Crippen LogP contribution in [0.3, 0.4) is 0 Å². The van der Waals surface area contributed by atoms with E-state index in [4.69, 9.17) is 9.15 Å². The van der Waals surface area contributed by atoms with Gasteiger partial charge in [0.2, 0.25) is 0 Å². The van der Waals surface area contributed by atoms with Gasteiger partial charge in [-0.15, -0.1) is 0 Å². The van der Waals surface area contributed by atoms with Crippen molar-refractivity contribution < 1.29 is 23.8 Å². The average Bonchev–Trinajstić information content (AvgIpc) is 3.09. The fourth-order valence-corrected chi connectivity index (χ4v) is 5.18. The first-order chi connectivity index (χ1) is 15.7. The Morgan fingerprint density at radius 3 is 2.70 bits per heavy atom. The maximum absolute atomic E-state index is 12.7. The van der Waals surface area contributed by atoms with Crippen molar-refractivity contribution in [3.05, 3.63) is 51.4 Å². The van der Waals surface area contributed by atoms with Gasteiger partial charge in [0.25, 0.3) is 0 Å². The van der Waals surface area contributed by atoms with Crippen molar-refractivity contribution in [3.8, 4) is 11.8 Å². The van der Waals surface area contributed by atoms with Crippen LogP contribution in [0.5, 0.6) is 5.75 Å². The molecule has 0 aliphatic carbocycles. The average molecular weight is 469 g/mol. The highest BCUT2D eigenvalue weighted by atomic mass is 32.2. The van der Waals surface area contributed by atoms with Gasteiger partial charge in [0.1, 0.15) is 22.7 Å². The molecule has 0 unspecified atom stereocenters. The topological polar surface area (TPSA) is 113 Å². The quantitative estimate of drug-likeness (QED) is 0.494. The molecule has 2 N–H and O–H groups in total. The van der Waals surface area contributed by atoms with Gasteiger partial charge < -0.3 is 19.6 Å². The lowest BCUT2D eigenvalue weighted by Crippen LogP contribution is -2.29. The molecule has 0 spiro atoms. The minimum atomic E-state index is -0.531. The van der Waals surface area contributed by atoms with E-state index in [1.807, 2.05) is 6.92 Å². The van der Waals surface area contributed by atoms with Crippen molar-refractivity contribution in [2.45, 2.75) is 46.8 Å². The van der Waals surface area contributed by atoms with Gasteiger partial charge in [0, 0.05) is 22.6 Å². The normalized spacial score (nSPS) is 16.2. The molecule has 2 heterocycles. The van der Waals surface area contributed by atoms with Crippen LogP contribution in [0.4, 0.5) is 0 Å². The number of nitriles is 1. The Bertz CT molecular complexity index is 1200. The number of rotatable bonds is 8. The third kappa shape index (κ3) is 5.09. The van der Waals surface area contributed by atoms with E-state index in [2.05, 4.69) is 25.2 Å². The molecule has 1 aromatic heterocycles. The largest absolute Gasteiger partial charge is 0.508 e. The SMILES string of the molecule is CCOC(=O)c1c(CSC2=C(C#N)[C@H](CC(C)C)C(C(C)=O)=C(C)N2)oc2ccc(O)cc12. The second kappa shape index (κ2) is 10.2. The van der Waals surface area contributed by atoms with Crippen molar-refractivity contribution in [3.63, 3.8) is 0 Å². The van der Waals surface area contributed by atoms with E-state index in [1.54, 1.807) is 13.0 Å². The zero-order valence-corrected chi connectivity index (χ0v) is 20.3. The summed E-state index contributed by atoms with van der Waals surface area (Å²) >= 11 is 1.34. The first-order valence-corrected chi connectivity index (χ1v) is 11.8. The van der Waals surface area contributed by atoms with Crippen molar-refractivity contribution in [1.29, 1.82) is 5.26 Å². The molecular weight excluding hydrogens is 440 g/mol. The molecule has 1 aromatic carbocycles. The number of allylic oxidation sites excluding steroid dienone is 3. The maximum atomic E-state index is 12.7. The minimum absolute atomic E-state index is 0.0190. The van der Waals surface area contributed by atoms with Gasteiger partial charge in [0.05, 0.1) is 29.0 Å². The molecule has 0 saturated carbocycles. The molecule has 2 aromatic rings. The van der Waals surface area contributed by atoms with Crippen LogP contribution < -0.4 is 5.32 Å². The van der Waals surface area contributed by atoms with Crippen LogP contribution in [0.25, 0.3) is 11.0 Å². The lowest BCUT2D eigenvalue weighted by molar-refractivity contribution is -0.114. The molecular formula is C25H28N2O5S. The van der Waals surface area contributed by atoms with Gasteiger partial charge in [-0.2, -0.15) is 5.26 Å². The van der Waals surface area contributed by atoms with E-state index in [1.165, 1.54) is 30.8 Å². The number of nitrogens with one attached hydrogen (secondary N) is 1. The van der Waals surface area contributed by atoms with Crippen molar-refractivity contribution >= 4 is 34.5 Å². The van der Waals surface area contributed by atoms with Crippen LogP contribution in [-0.2, 0) is 15.3 Å². The summed E-state index contributed by atoms with van der Waals surface area (Å²) in [6, 6.07) is 6.87. The van der Waals surface area contributed by atoms with Gasteiger partial charge >= 0.3 is 5.97 Å². The van der Waals surface area contributed by atoms with Gasteiger partial charge in [-0.3, -0.25) is 4.79 Å². The number of thioether (sulfide) groups is 1. The van der Waals surface area contributed by atoms with Gasteiger partial charge in [-0.25, -0.2) is 4.79 Å². The number of furan rings is 1. The number of phenols is 1. The van der Waals surface area contributed by atoms with Crippen molar-refractivity contribution in [2.75, 3.05) is 6.61 Å². The van der Waals surface area contributed by atoms with Crippen molar-refractivity contribution in [1.82, 2.24) is 5.32 Å². The molecule has 0 bridgehead atoms. The van der Waals surface area contributed by atoms with Crippen LogP contribution in [0, 0.1) is 23.2 Å². The molecule has 0 fully saturated rings. The predicted octanol–water partition coefficient (Wildman–Crippen LogP) is 5.41. The molecule has 33 heavy (non-hydrogen) atoms. The van der Waals surface area contributed by atoms with Crippen LogP contribution in [-0.4, -0.2) is 23.5 Å². The summed E-state index contributed by atoms with van der Waals surface area (Å²) in [5, 5.41) is 24.2. The third-order valence-electron chi connectivity index (χ3n) is 5.43. The molecule has 1 aliphatic rings. The predicted molar refractivity (Wildman–Crippen MR) is 127 cm³/mol. The summed E-state index contributed by atoms with van der Waals surface area (Å²) in [5.74, 6) is 0.0985. The molecule has 1 atom stereocenters. The lowest BCUT2D eigenvalue weighted by atomic mass is 9.81. The Morgan fingerprint density at radius 2 is 2.09 bits per heavy atom. The summed E-state index contributed by atoms with van der Waals surface area (Å²) in [6.45, 7) is 9.41. The highest BCUT2D eigenvalue weighted by Crippen LogP contribution is 2.40. The summed E-state index contributed by atoms with van der Waals surface area (Å²) in [6.07, 6.45) is 0.679. The van der Waals surface area contributed by atoms with E-state index in [0.29, 0.717) is 45.2 Å². The van der Waals surface area contributed by atoms with E-state index in [0.717, 1.165) is 5.70 Å². The molecule has 8 heteroatoms. The number of Topliss-reactive ketones (excluding diaryl/α,β-unsaturated/α-hetero) is 1. The fraction of sp³-hybridized carbons (Fsp3) is 0.400. The second-order valence-corrected chi connectivity index (χ2v) is 9.33. The van der Waals surface area contributed by atoms with E-state index < -0.39 is 5.97 Å². The second-order valence-electron chi connectivity index (χ2n) is 8.35. The number of dihydropyridines is 1. The Labute approximate surface area is 197 Å². The Balaban J connectivity index is 2.00. The van der Waals surface area contributed by atoms with E-state index in [-0.39, 0.29) is 35.4 Å². The molecule has 0 amide bonds. The lowest BCUT2D eigenvalue weighted by Gasteiger charge is -2.30. The zero-order valence-electron chi connectivity index (χ0n) is 19.4. The highest BCUT2D eigenvalue weighted by molar-refractivity contribution is 8.02. The third-order valence-corrected chi connectivity index (χ3v) is 6.44. The number of carbonyl (C=O) groups excluding carboxylic acids is 2. The van der Waals surface area contributed by atoms with Crippen LogP contribution >= 0.6 is 11.8 Å². The first kappa shape index (κ1) is 24.5. The Hall–Kier alpha value is -3.18. The van der Waals surface area contributed by atoms with Crippen molar-refractivity contribution in [2.24, 2.45) is 11.8 Å². The molecule has 0 saturated heterocycles. The van der Waals surface area contributed by atoms with Crippen LogP contribution in [0.15, 0.2) is 44.5 Å². The van der Waals surface area contributed by atoms with E-state index in [9.17, 15) is 20.0 Å². The molecule has 3 rings (SSSR count). The summed E-state index contributed by atoms with van der Waals surface area (Å²) in [5.41, 5.74) is 2.60. The standard InChI is InChI=1S/C25H28N2O5S/c1-6-31-25(30)23-18-10-16(29)7-8-20(18)32-21(23)12-33-24-19(11-26)17(9-13(2)3)22(15(5)28)14(4)27-24/h7-8,10,13,17,27,29H,6,9,12H2,1-5H3/t17-/m0/s1. The smallest absolute Gasteiger partial charge is 0.342 e. The molecule has 0 radical (unpaired) electrons. The summed E-state index contributed by atoms with van der Waals surface area (Å²) < 4.78 is 11.1. The number of fused-ring (bicyclic) bond motifs is 1. The molecule has 174 valence electrons. The number of benzene rings is 1. The molecule has 7 nitrogen and oxygen atoms in total.